The van der Waals surface area contributed by atoms with Crippen LogP contribution in [0.5, 0.6) is 0 Å². The molecule has 1 aliphatic rings. The summed E-state index contributed by atoms with van der Waals surface area (Å²) in [6.45, 7) is 9.95. The molecule has 0 bridgehead atoms. The van der Waals surface area contributed by atoms with Crippen molar-refractivity contribution in [2.45, 2.75) is 58.0 Å². The Morgan fingerprint density at radius 2 is 1.88 bits per heavy atom. The molecule has 180 valence electrons. The van der Waals surface area contributed by atoms with Crippen LogP contribution in [0.25, 0.3) is 16.9 Å². The van der Waals surface area contributed by atoms with Gasteiger partial charge in [0.2, 0.25) is 5.89 Å². The molecule has 2 aromatic heterocycles. The van der Waals surface area contributed by atoms with Gasteiger partial charge >= 0.3 is 12.1 Å². The molecule has 1 N–H and O–H groups in total. The van der Waals surface area contributed by atoms with Crippen LogP contribution in [0.4, 0.5) is 13.2 Å². The Morgan fingerprint density at radius 1 is 1.24 bits per heavy atom. The number of halogens is 3. The highest BCUT2D eigenvalue weighted by atomic mass is 19.4. The van der Waals surface area contributed by atoms with Crippen LogP contribution in [0.2, 0.25) is 0 Å². The van der Waals surface area contributed by atoms with E-state index in [1.807, 2.05) is 16.8 Å². The first-order valence-corrected chi connectivity index (χ1v) is 11.0. The van der Waals surface area contributed by atoms with Crippen molar-refractivity contribution in [1.29, 1.82) is 0 Å². The molecule has 0 aliphatic carbocycles. The first-order chi connectivity index (χ1) is 15.6. The Balaban J connectivity index is 0.000000383. The molecule has 0 unspecified atom stereocenters. The zero-order valence-corrected chi connectivity index (χ0v) is 18.8. The van der Waals surface area contributed by atoms with E-state index in [9.17, 15) is 13.2 Å². The fraction of sp³-hybridized carbons (Fsp3) is 0.545. The monoisotopic (exact) mass is 467 g/mol. The Labute approximate surface area is 189 Å². The number of piperidine rings is 1. The Bertz CT molecular complexity index is 1070. The summed E-state index contributed by atoms with van der Waals surface area (Å²) in [6, 6.07) is 8.24. The van der Waals surface area contributed by atoms with Crippen LogP contribution in [0.3, 0.4) is 0 Å². The zero-order chi connectivity index (χ0) is 24.2. The van der Waals surface area contributed by atoms with E-state index in [1.54, 1.807) is 0 Å². The van der Waals surface area contributed by atoms with Crippen molar-refractivity contribution < 1.29 is 27.6 Å². The van der Waals surface area contributed by atoms with Gasteiger partial charge in [-0.15, -0.1) is 0 Å². The number of hydrogen-bond acceptors (Lipinski definition) is 6. The van der Waals surface area contributed by atoms with Crippen LogP contribution in [0.1, 0.15) is 63.5 Å². The standard InChI is InChI=1S/C20H27N5O.C2HF3O2/c1-4-11-24-12-9-15(10-13-24)19-21-20(23-26-19)25-17-8-6-5-7-16(17)18(22-25)14(2)3;3-2(4,5)1(6)7/h5-8,14-15H,4,9-13H2,1-3H3;(H,6,7). The normalized spacial score (nSPS) is 15.6. The summed E-state index contributed by atoms with van der Waals surface area (Å²) in [5.41, 5.74) is 2.10. The molecular formula is C22H28F3N5O3. The van der Waals surface area contributed by atoms with Crippen molar-refractivity contribution >= 4 is 16.9 Å². The molecule has 3 heterocycles. The summed E-state index contributed by atoms with van der Waals surface area (Å²) in [5, 5.41) is 17.3. The molecule has 33 heavy (non-hydrogen) atoms. The van der Waals surface area contributed by atoms with Crippen molar-refractivity contribution in [3.63, 3.8) is 0 Å². The Kier molecular flexibility index (Phi) is 7.72. The topological polar surface area (TPSA) is 97.3 Å². The fourth-order valence-electron chi connectivity index (χ4n) is 3.87. The minimum absolute atomic E-state index is 0.343. The van der Waals surface area contributed by atoms with Crippen LogP contribution < -0.4 is 0 Å². The van der Waals surface area contributed by atoms with Crippen molar-refractivity contribution in [3.8, 4) is 5.95 Å². The predicted octanol–water partition coefficient (Wildman–Crippen LogP) is 4.75. The lowest BCUT2D eigenvalue weighted by Gasteiger charge is -2.29. The summed E-state index contributed by atoms with van der Waals surface area (Å²) in [5.74, 6) is -0.764. The average molecular weight is 467 g/mol. The number of likely N-dealkylation sites (tertiary alicyclic amines) is 1. The van der Waals surface area contributed by atoms with Crippen molar-refractivity contribution in [3.05, 3.63) is 35.9 Å². The number of aliphatic carboxylic acids is 1. The molecule has 1 aromatic carbocycles. The highest BCUT2D eigenvalue weighted by molar-refractivity contribution is 5.83. The Morgan fingerprint density at radius 3 is 2.45 bits per heavy atom. The second-order valence-electron chi connectivity index (χ2n) is 8.32. The minimum atomic E-state index is -5.08. The van der Waals surface area contributed by atoms with Crippen LogP contribution in [-0.2, 0) is 4.79 Å². The first kappa shape index (κ1) is 24.7. The molecule has 0 amide bonds. The van der Waals surface area contributed by atoms with Gasteiger partial charge in [0.25, 0.3) is 5.95 Å². The van der Waals surface area contributed by atoms with Gasteiger partial charge < -0.3 is 14.5 Å². The number of hydrogen-bond donors (Lipinski definition) is 1. The molecule has 8 nitrogen and oxygen atoms in total. The molecule has 0 radical (unpaired) electrons. The molecule has 1 aliphatic heterocycles. The fourth-order valence-corrected chi connectivity index (χ4v) is 3.87. The third-order valence-electron chi connectivity index (χ3n) is 5.50. The Hall–Kier alpha value is -2.95. The van der Waals surface area contributed by atoms with Gasteiger partial charge in [-0.05, 0) is 56.0 Å². The molecule has 11 heteroatoms. The number of benzene rings is 1. The molecule has 1 fully saturated rings. The van der Waals surface area contributed by atoms with Crippen LogP contribution in [0.15, 0.2) is 28.8 Å². The van der Waals surface area contributed by atoms with Gasteiger partial charge in [0.15, 0.2) is 0 Å². The highest BCUT2D eigenvalue weighted by Crippen LogP contribution is 2.29. The van der Waals surface area contributed by atoms with Gasteiger partial charge in [-0.1, -0.05) is 39.0 Å². The SMILES string of the molecule is CCCN1CCC(c2nc(-n3nc(C(C)C)c4ccccc43)no2)CC1.O=C(O)C(F)(F)F. The summed E-state index contributed by atoms with van der Waals surface area (Å²) in [4.78, 5) is 16.1. The van der Waals surface area contributed by atoms with Gasteiger partial charge in [0.05, 0.1) is 11.2 Å². The van der Waals surface area contributed by atoms with E-state index < -0.39 is 12.1 Å². The number of alkyl halides is 3. The van der Waals surface area contributed by atoms with Crippen molar-refractivity contribution in [2.75, 3.05) is 19.6 Å². The number of aromatic nitrogens is 4. The second-order valence-corrected chi connectivity index (χ2v) is 8.32. The quantitative estimate of drug-likeness (QED) is 0.578. The van der Waals surface area contributed by atoms with Gasteiger partial charge in [0.1, 0.15) is 0 Å². The zero-order valence-electron chi connectivity index (χ0n) is 18.8. The second kappa shape index (κ2) is 10.3. The highest BCUT2D eigenvalue weighted by Gasteiger charge is 2.38. The first-order valence-electron chi connectivity index (χ1n) is 11.0. The van der Waals surface area contributed by atoms with E-state index in [1.165, 1.54) is 13.0 Å². The number of carboxylic acids is 1. The molecular weight excluding hydrogens is 439 g/mol. The lowest BCUT2D eigenvalue weighted by molar-refractivity contribution is -0.192. The predicted molar refractivity (Wildman–Crippen MR) is 115 cm³/mol. The van der Waals surface area contributed by atoms with Crippen LogP contribution in [0, 0.1) is 0 Å². The number of nitrogens with zero attached hydrogens (tertiary/aromatic N) is 5. The summed E-state index contributed by atoms with van der Waals surface area (Å²) >= 11 is 0. The maximum atomic E-state index is 10.6. The van der Waals surface area contributed by atoms with Gasteiger partial charge in [-0.3, -0.25) is 0 Å². The molecule has 0 spiro atoms. The largest absolute Gasteiger partial charge is 0.490 e. The lowest BCUT2D eigenvalue weighted by atomic mass is 9.97. The van der Waals surface area contributed by atoms with Crippen molar-refractivity contribution in [1.82, 2.24) is 24.8 Å². The van der Waals surface area contributed by atoms with Crippen LogP contribution >= 0.6 is 0 Å². The average Bonchev–Trinajstić information content (AvgIpc) is 3.39. The number of para-hydroxylation sites is 1. The lowest BCUT2D eigenvalue weighted by Crippen LogP contribution is -2.33. The van der Waals surface area contributed by atoms with Gasteiger partial charge in [-0.2, -0.15) is 27.9 Å². The van der Waals surface area contributed by atoms with E-state index >= 15 is 0 Å². The third-order valence-corrected chi connectivity index (χ3v) is 5.50. The van der Waals surface area contributed by atoms with Crippen LogP contribution in [-0.4, -0.2) is 61.7 Å². The van der Waals surface area contributed by atoms with E-state index in [-0.39, 0.29) is 0 Å². The molecule has 4 rings (SSSR count). The van der Waals surface area contributed by atoms with E-state index in [0.29, 0.717) is 17.8 Å². The van der Waals surface area contributed by atoms with E-state index in [0.717, 1.165) is 48.4 Å². The number of carbonyl (C=O) groups is 1. The third kappa shape index (κ3) is 5.89. The van der Waals surface area contributed by atoms with Gasteiger partial charge in [0, 0.05) is 11.3 Å². The molecule has 0 atom stereocenters. The van der Waals surface area contributed by atoms with Crippen molar-refractivity contribution in [2.24, 2.45) is 0 Å². The number of rotatable bonds is 5. The van der Waals surface area contributed by atoms with Gasteiger partial charge in [-0.25, -0.2) is 4.79 Å². The molecule has 1 saturated heterocycles. The maximum absolute atomic E-state index is 10.6. The summed E-state index contributed by atoms with van der Waals surface area (Å²) in [7, 11) is 0. The summed E-state index contributed by atoms with van der Waals surface area (Å²) < 4.78 is 39.2. The summed E-state index contributed by atoms with van der Waals surface area (Å²) in [6.07, 6.45) is -1.71. The number of fused-ring (bicyclic) bond motifs is 1. The molecule has 0 saturated carbocycles. The number of carboxylic acid groups (broad SMARTS) is 1. The van der Waals surface area contributed by atoms with E-state index in [4.69, 9.17) is 24.5 Å². The molecule has 3 aromatic rings. The minimum Gasteiger partial charge on any atom is -0.475 e. The maximum Gasteiger partial charge on any atom is 0.490 e. The van der Waals surface area contributed by atoms with E-state index in [2.05, 4.69) is 43.0 Å². The smallest absolute Gasteiger partial charge is 0.475 e.